The number of thioether (sulfide) groups is 1. The predicted molar refractivity (Wildman–Crippen MR) is 158 cm³/mol. The SMILES string of the molecule is CC1(C)NC(c2ccccc2)C(=O)N1[C@@H]1C(=O)N2[C@@H]1SC(C)(C)[C@]2(COC(=O)C1N2C(=O)C[C@@H]2S(=O)(=O)[C@@]1(C)CCl)C(=O)O. The number of amides is 3. The van der Waals surface area contributed by atoms with Gasteiger partial charge in [0.25, 0.3) is 5.91 Å². The number of carbonyl (C=O) groups excluding carboxylic acids is 4. The van der Waals surface area contributed by atoms with Crippen LogP contribution >= 0.6 is 23.4 Å². The minimum absolute atomic E-state index is 0.280. The average molecular weight is 669 g/mol. The minimum atomic E-state index is -4.03. The Balaban J connectivity index is 1.28. The van der Waals surface area contributed by atoms with Gasteiger partial charge in [0.1, 0.15) is 34.2 Å². The summed E-state index contributed by atoms with van der Waals surface area (Å²) in [5.74, 6) is -4.54. The van der Waals surface area contributed by atoms with Crippen molar-refractivity contribution >= 4 is 62.9 Å². The number of nitrogens with zero attached hydrogens (tertiary/aromatic N) is 3. The van der Waals surface area contributed by atoms with Gasteiger partial charge in [0.15, 0.2) is 21.4 Å². The highest BCUT2D eigenvalue weighted by molar-refractivity contribution is 8.01. The third-order valence-electron chi connectivity index (χ3n) is 9.91. The fourth-order valence-corrected chi connectivity index (χ4v) is 11.9. The Hall–Kier alpha value is -2.88. The molecular formula is C28H33ClN4O9S2. The van der Waals surface area contributed by atoms with Crippen LogP contribution in [-0.2, 0) is 38.5 Å². The van der Waals surface area contributed by atoms with Crippen LogP contribution in [-0.4, -0.2) is 114 Å². The molecule has 3 amide bonds. The molecule has 5 fully saturated rings. The summed E-state index contributed by atoms with van der Waals surface area (Å²) in [5.41, 5.74) is -2.28. The van der Waals surface area contributed by atoms with Gasteiger partial charge in [-0.1, -0.05) is 30.3 Å². The van der Waals surface area contributed by atoms with Gasteiger partial charge < -0.3 is 24.5 Å². The molecule has 0 saturated carbocycles. The fraction of sp³-hybridized carbons (Fsp3) is 0.607. The normalized spacial score (nSPS) is 37.7. The molecule has 5 saturated heterocycles. The van der Waals surface area contributed by atoms with Gasteiger partial charge in [-0.15, -0.1) is 23.4 Å². The molecule has 6 rings (SSSR count). The first kappa shape index (κ1) is 31.1. The van der Waals surface area contributed by atoms with E-state index >= 15 is 0 Å². The van der Waals surface area contributed by atoms with Crippen LogP contribution in [0.15, 0.2) is 30.3 Å². The van der Waals surface area contributed by atoms with Crippen LogP contribution in [0.5, 0.6) is 0 Å². The maximum Gasteiger partial charge on any atom is 0.334 e. The number of ether oxygens (including phenoxy) is 1. The number of carbonyl (C=O) groups is 5. The van der Waals surface area contributed by atoms with Gasteiger partial charge in [-0.3, -0.25) is 19.7 Å². The van der Waals surface area contributed by atoms with Gasteiger partial charge in [0.05, 0.1) is 16.8 Å². The molecule has 0 bridgehead atoms. The van der Waals surface area contributed by atoms with E-state index in [1.54, 1.807) is 27.7 Å². The lowest BCUT2D eigenvalue weighted by atomic mass is 9.81. The van der Waals surface area contributed by atoms with E-state index < -0.39 is 95.6 Å². The van der Waals surface area contributed by atoms with Crippen molar-refractivity contribution in [1.29, 1.82) is 0 Å². The van der Waals surface area contributed by atoms with Gasteiger partial charge in [-0.05, 0) is 40.2 Å². The topological polar surface area (TPSA) is 171 Å². The van der Waals surface area contributed by atoms with Crippen molar-refractivity contribution in [2.24, 2.45) is 0 Å². The lowest BCUT2D eigenvalue weighted by molar-refractivity contribution is -0.188. The number of benzene rings is 1. The van der Waals surface area contributed by atoms with E-state index in [-0.39, 0.29) is 12.3 Å². The number of hydrogen-bond acceptors (Lipinski definition) is 10. The lowest BCUT2D eigenvalue weighted by Crippen LogP contribution is -2.78. The van der Waals surface area contributed by atoms with Crippen LogP contribution < -0.4 is 5.32 Å². The van der Waals surface area contributed by atoms with E-state index in [1.807, 2.05) is 30.3 Å². The molecule has 2 N–H and O–H groups in total. The summed E-state index contributed by atoms with van der Waals surface area (Å²) in [4.78, 5) is 70.2. The van der Waals surface area contributed by atoms with Crippen LogP contribution in [0, 0.1) is 0 Å². The molecule has 2 unspecified atom stereocenters. The lowest BCUT2D eigenvalue weighted by Gasteiger charge is -2.53. The zero-order valence-electron chi connectivity index (χ0n) is 24.6. The molecule has 44 heavy (non-hydrogen) atoms. The Labute approximate surface area is 263 Å². The van der Waals surface area contributed by atoms with Crippen molar-refractivity contribution in [3.8, 4) is 0 Å². The van der Waals surface area contributed by atoms with Crippen LogP contribution in [0.25, 0.3) is 0 Å². The van der Waals surface area contributed by atoms with Gasteiger partial charge in [-0.2, -0.15) is 0 Å². The Morgan fingerprint density at radius 1 is 1.07 bits per heavy atom. The Bertz CT molecular complexity index is 1600. The second kappa shape index (κ2) is 9.56. The number of fused-ring (bicyclic) bond motifs is 2. The van der Waals surface area contributed by atoms with Gasteiger partial charge in [-0.25, -0.2) is 18.0 Å². The van der Waals surface area contributed by atoms with Crippen LogP contribution in [0.1, 0.15) is 52.6 Å². The predicted octanol–water partition coefficient (Wildman–Crippen LogP) is 0.677. The number of β-lactam (4-membered cyclic amide) rings is 2. The highest BCUT2D eigenvalue weighted by Crippen LogP contribution is 2.59. The Morgan fingerprint density at radius 2 is 1.70 bits per heavy atom. The van der Waals surface area contributed by atoms with E-state index in [9.17, 15) is 37.5 Å². The van der Waals surface area contributed by atoms with E-state index in [4.69, 9.17) is 16.3 Å². The minimum Gasteiger partial charge on any atom is -0.479 e. The molecular weight excluding hydrogens is 636 g/mol. The highest BCUT2D eigenvalue weighted by atomic mass is 35.5. The zero-order chi connectivity index (χ0) is 32.4. The van der Waals surface area contributed by atoms with Crippen molar-refractivity contribution < 1.29 is 42.2 Å². The van der Waals surface area contributed by atoms with E-state index in [2.05, 4.69) is 5.32 Å². The molecule has 13 nitrogen and oxygen atoms in total. The molecule has 1 aromatic carbocycles. The standard InChI is InChI=1S/C28H33ClN4O9S2/c1-25(2)28(24(38)39,13-42-23(37)19-27(5,12-29)44(40,41)16-11-15(34)31(16)19)33-21(36)18(22(33)43-25)32-20(35)17(30-26(32,3)4)14-9-7-6-8-10-14/h6-10,16-19,22,30H,11-13H2,1-5H3,(H,38,39)/t16-,17?,18+,19?,22+,27-,28-/m0/s1. The molecule has 16 heteroatoms. The van der Waals surface area contributed by atoms with Crippen molar-refractivity contribution in [2.75, 3.05) is 12.5 Å². The number of aliphatic carboxylic acids is 1. The van der Waals surface area contributed by atoms with E-state index in [1.165, 1.54) is 23.6 Å². The molecule has 0 spiro atoms. The smallest absolute Gasteiger partial charge is 0.334 e. The number of esters is 1. The summed E-state index contributed by atoms with van der Waals surface area (Å²) in [6.45, 7) is 7.23. The molecule has 1 aromatic rings. The summed E-state index contributed by atoms with van der Waals surface area (Å²) in [6, 6.07) is 5.80. The zero-order valence-corrected chi connectivity index (χ0v) is 27.0. The van der Waals surface area contributed by atoms with Crippen LogP contribution in [0.4, 0.5) is 0 Å². The van der Waals surface area contributed by atoms with Crippen molar-refractivity contribution in [3.63, 3.8) is 0 Å². The fourth-order valence-electron chi connectivity index (χ4n) is 7.32. The summed E-state index contributed by atoms with van der Waals surface area (Å²) in [5, 5.41) is 11.9. The number of halogens is 1. The molecule has 5 aliphatic rings. The molecule has 0 radical (unpaired) electrons. The molecule has 238 valence electrons. The third kappa shape index (κ3) is 3.69. The molecule has 0 aliphatic carbocycles. The number of alkyl halides is 1. The first-order valence-corrected chi connectivity index (χ1v) is 17.0. The number of rotatable bonds is 7. The molecule has 5 heterocycles. The number of nitrogens with one attached hydrogen (secondary N) is 1. The Kier molecular flexibility index (Phi) is 6.76. The number of carboxylic acids is 1. The molecule has 0 aromatic heterocycles. The summed E-state index contributed by atoms with van der Waals surface area (Å²) in [6.07, 6.45) is -0.280. The second-order valence-electron chi connectivity index (χ2n) is 13.1. The quantitative estimate of drug-likeness (QED) is 0.238. The average Bonchev–Trinajstić information content (AvgIpc) is 3.38. The number of hydrogen-bond donors (Lipinski definition) is 2. The van der Waals surface area contributed by atoms with Gasteiger partial charge >= 0.3 is 11.9 Å². The summed E-state index contributed by atoms with van der Waals surface area (Å²) >= 11 is 7.23. The highest BCUT2D eigenvalue weighted by Gasteiger charge is 2.76. The van der Waals surface area contributed by atoms with Crippen LogP contribution in [0.2, 0.25) is 0 Å². The first-order valence-electron chi connectivity index (χ1n) is 14.1. The van der Waals surface area contributed by atoms with E-state index in [0.29, 0.717) is 0 Å². The first-order chi connectivity index (χ1) is 20.4. The summed E-state index contributed by atoms with van der Waals surface area (Å²) in [7, 11) is -4.03. The largest absolute Gasteiger partial charge is 0.479 e. The Morgan fingerprint density at radius 3 is 2.27 bits per heavy atom. The van der Waals surface area contributed by atoms with Crippen molar-refractivity contribution in [3.05, 3.63) is 35.9 Å². The molecule has 7 atom stereocenters. The van der Waals surface area contributed by atoms with Crippen molar-refractivity contribution in [2.45, 2.75) is 90.6 Å². The monoisotopic (exact) mass is 668 g/mol. The van der Waals surface area contributed by atoms with Gasteiger partial charge in [0, 0.05) is 5.88 Å². The number of carboxylic acid groups (broad SMARTS) is 1. The maximum atomic E-state index is 13.9. The molecule has 5 aliphatic heterocycles. The van der Waals surface area contributed by atoms with Crippen LogP contribution in [0.3, 0.4) is 0 Å². The maximum absolute atomic E-state index is 13.9. The van der Waals surface area contributed by atoms with Gasteiger partial charge in [0.2, 0.25) is 11.8 Å². The number of sulfone groups is 1. The van der Waals surface area contributed by atoms with E-state index in [0.717, 1.165) is 15.4 Å². The summed E-state index contributed by atoms with van der Waals surface area (Å²) < 4.78 is 28.8. The van der Waals surface area contributed by atoms with Crippen molar-refractivity contribution in [1.82, 2.24) is 20.0 Å². The third-order valence-corrected chi connectivity index (χ3v) is 15.0. The second-order valence-corrected chi connectivity index (χ2v) is 17.6.